The van der Waals surface area contributed by atoms with E-state index in [0.29, 0.717) is 0 Å². The Kier molecular flexibility index (Phi) is 5.14. The quantitative estimate of drug-likeness (QED) is 0.833. The van der Waals surface area contributed by atoms with Crippen LogP contribution in [-0.4, -0.2) is 33.8 Å². The molecule has 1 aliphatic rings. The highest BCUT2D eigenvalue weighted by Gasteiger charge is 2.32. The standard InChI is InChI=1S/C18H23N3O2S/c1-13(14-6-4-7-16(10-14)23-3)21(15-11-19-20(2)12-15)18(22)17-8-5-9-24-17/h4,6-7,10-13,17H,5,8-9H2,1-3H3/t13-,17+/m0/s1. The van der Waals surface area contributed by atoms with Crippen molar-refractivity contribution in [3.05, 3.63) is 42.2 Å². The van der Waals surface area contributed by atoms with Gasteiger partial charge in [-0.2, -0.15) is 5.10 Å². The molecular weight excluding hydrogens is 322 g/mol. The van der Waals surface area contributed by atoms with Crippen LogP contribution in [0.3, 0.4) is 0 Å². The first-order valence-corrected chi connectivity index (χ1v) is 9.22. The van der Waals surface area contributed by atoms with Crippen molar-refractivity contribution in [1.82, 2.24) is 9.78 Å². The van der Waals surface area contributed by atoms with E-state index in [-0.39, 0.29) is 17.2 Å². The molecule has 6 heteroatoms. The summed E-state index contributed by atoms with van der Waals surface area (Å²) in [6.45, 7) is 2.05. The summed E-state index contributed by atoms with van der Waals surface area (Å²) in [6.07, 6.45) is 5.71. The SMILES string of the molecule is COc1cccc([C@H](C)N(C(=O)[C@H]2CCCS2)c2cnn(C)c2)c1. The van der Waals surface area contributed by atoms with Crippen LogP contribution in [0.4, 0.5) is 5.69 Å². The molecule has 0 spiro atoms. The number of aromatic nitrogens is 2. The molecular formula is C18H23N3O2S. The van der Waals surface area contributed by atoms with Crippen LogP contribution in [0.1, 0.15) is 31.4 Å². The third-order valence-corrected chi connectivity index (χ3v) is 5.74. The Morgan fingerprint density at radius 1 is 1.50 bits per heavy atom. The Bertz CT molecular complexity index is 710. The predicted molar refractivity (Wildman–Crippen MR) is 97.6 cm³/mol. The summed E-state index contributed by atoms with van der Waals surface area (Å²) in [6, 6.07) is 7.81. The molecule has 1 aromatic heterocycles. The van der Waals surface area contributed by atoms with E-state index in [1.807, 2.05) is 42.4 Å². The number of nitrogens with zero attached hydrogens (tertiary/aromatic N) is 3. The van der Waals surface area contributed by atoms with Crippen LogP contribution in [0, 0.1) is 0 Å². The van der Waals surface area contributed by atoms with Gasteiger partial charge >= 0.3 is 0 Å². The van der Waals surface area contributed by atoms with Gasteiger partial charge in [0.1, 0.15) is 5.75 Å². The average molecular weight is 345 g/mol. The fourth-order valence-electron chi connectivity index (χ4n) is 3.05. The maximum Gasteiger partial charge on any atom is 0.240 e. The van der Waals surface area contributed by atoms with Gasteiger partial charge in [-0.1, -0.05) is 12.1 Å². The van der Waals surface area contributed by atoms with Crippen molar-refractivity contribution in [2.24, 2.45) is 7.05 Å². The number of anilines is 1. The molecule has 5 nitrogen and oxygen atoms in total. The first-order valence-electron chi connectivity index (χ1n) is 8.17. The Balaban J connectivity index is 1.95. The third-order valence-electron chi connectivity index (χ3n) is 4.38. The van der Waals surface area contributed by atoms with Crippen LogP contribution in [0.15, 0.2) is 36.7 Å². The minimum absolute atomic E-state index is 0.0401. The van der Waals surface area contributed by atoms with Crippen molar-refractivity contribution in [3.63, 3.8) is 0 Å². The molecule has 0 aliphatic carbocycles. The normalized spacial score (nSPS) is 18.4. The number of methoxy groups -OCH3 is 1. The van der Waals surface area contributed by atoms with Gasteiger partial charge in [0, 0.05) is 13.2 Å². The third kappa shape index (κ3) is 3.43. The van der Waals surface area contributed by atoms with Crippen molar-refractivity contribution < 1.29 is 9.53 Å². The zero-order chi connectivity index (χ0) is 17.1. The number of benzene rings is 1. The van der Waals surface area contributed by atoms with Gasteiger partial charge < -0.3 is 9.64 Å². The monoisotopic (exact) mass is 345 g/mol. The number of carbonyl (C=O) groups excluding carboxylic acids is 1. The molecule has 1 amide bonds. The van der Waals surface area contributed by atoms with Crippen LogP contribution in [0.25, 0.3) is 0 Å². The summed E-state index contributed by atoms with van der Waals surface area (Å²) in [7, 11) is 3.52. The number of thioether (sulfide) groups is 1. The first kappa shape index (κ1) is 16.9. The molecule has 128 valence electrons. The van der Waals surface area contributed by atoms with Crippen LogP contribution < -0.4 is 9.64 Å². The second-order valence-electron chi connectivity index (χ2n) is 6.03. The lowest BCUT2D eigenvalue weighted by atomic mass is 10.0. The van der Waals surface area contributed by atoms with Crippen LogP contribution in [-0.2, 0) is 11.8 Å². The molecule has 0 saturated carbocycles. The molecule has 1 saturated heterocycles. The molecule has 2 heterocycles. The molecule has 3 rings (SSSR count). The summed E-state index contributed by atoms with van der Waals surface area (Å²) in [5.74, 6) is 2.03. The lowest BCUT2D eigenvalue weighted by Crippen LogP contribution is -2.38. The van der Waals surface area contributed by atoms with Crippen LogP contribution >= 0.6 is 11.8 Å². The zero-order valence-electron chi connectivity index (χ0n) is 14.3. The number of amides is 1. The molecule has 1 aliphatic heterocycles. The second-order valence-corrected chi connectivity index (χ2v) is 7.35. The van der Waals surface area contributed by atoms with E-state index in [4.69, 9.17) is 4.74 Å². The summed E-state index contributed by atoms with van der Waals surface area (Å²) in [5.41, 5.74) is 1.89. The predicted octanol–water partition coefficient (Wildman–Crippen LogP) is 3.42. The van der Waals surface area contributed by atoms with E-state index in [2.05, 4.69) is 12.0 Å². The van der Waals surface area contributed by atoms with Crippen molar-refractivity contribution in [1.29, 1.82) is 0 Å². The topological polar surface area (TPSA) is 47.4 Å². The van der Waals surface area contributed by atoms with E-state index >= 15 is 0 Å². The molecule has 0 N–H and O–H groups in total. The maximum atomic E-state index is 13.2. The fourth-order valence-corrected chi connectivity index (χ4v) is 4.26. The van der Waals surface area contributed by atoms with E-state index < -0.39 is 0 Å². The van der Waals surface area contributed by atoms with Gasteiger partial charge in [0.05, 0.1) is 30.3 Å². The van der Waals surface area contributed by atoms with E-state index in [0.717, 1.165) is 35.6 Å². The molecule has 0 radical (unpaired) electrons. The molecule has 2 atom stereocenters. The lowest BCUT2D eigenvalue weighted by Gasteiger charge is -2.30. The minimum Gasteiger partial charge on any atom is -0.497 e. The van der Waals surface area contributed by atoms with E-state index in [9.17, 15) is 4.79 Å². The Morgan fingerprint density at radius 2 is 2.33 bits per heavy atom. The number of ether oxygens (including phenoxy) is 1. The van der Waals surface area contributed by atoms with Crippen molar-refractivity contribution in [2.45, 2.75) is 31.1 Å². The maximum absolute atomic E-state index is 13.2. The zero-order valence-corrected chi connectivity index (χ0v) is 15.1. The lowest BCUT2D eigenvalue weighted by molar-refractivity contribution is -0.118. The smallest absolute Gasteiger partial charge is 0.240 e. The molecule has 0 unspecified atom stereocenters. The molecule has 24 heavy (non-hydrogen) atoms. The molecule has 2 aromatic rings. The van der Waals surface area contributed by atoms with E-state index in [1.165, 1.54) is 0 Å². The van der Waals surface area contributed by atoms with Gasteiger partial charge in [0.15, 0.2) is 0 Å². The summed E-state index contributed by atoms with van der Waals surface area (Å²) >= 11 is 1.76. The number of rotatable bonds is 5. The van der Waals surface area contributed by atoms with Gasteiger partial charge in [0.25, 0.3) is 0 Å². The summed E-state index contributed by atoms with van der Waals surface area (Å²) in [5, 5.41) is 4.29. The van der Waals surface area contributed by atoms with Gasteiger partial charge in [-0.25, -0.2) is 0 Å². The average Bonchev–Trinajstić information content (AvgIpc) is 3.27. The number of aryl methyl sites for hydroxylation is 1. The van der Waals surface area contributed by atoms with Gasteiger partial charge in [-0.05, 0) is 43.2 Å². The largest absolute Gasteiger partial charge is 0.497 e. The number of carbonyl (C=O) groups is 1. The van der Waals surface area contributed by atoms with Crippen LogP contribution in [0.2, 0.25) is 0 Å². The molecule has 1 fully saturated rings. The van der Waals surface area contributed by atoms with E-state index in [1.54, 1.807) is 29.8 Å². The highest BCUT2D eigenvalue weighted by Crippen LogP contribution is 2.34. The Hall–Kier alpha value is -1.95. The van der Waals surface area contributed by atoms with Crippen LogP contribution in [0.5, 0.6) is 5.75 Å². The fraction of sp³-hybridized carbons (Fsp3) is 0.444. The van der Waals surface area contributed by atoms with Crippen molar-refractivity contribution in [3.8, 4) is 5.75 Å². The first-order chi connectivity index (χ1) is 11.6. The van der Waals surface area contributed by atoms with Gasteiger partial charge in [0.2, 0.25) is 5.91 Å². The van der Waals surface area contributed by atoms with Gasteiger partial charge in [-0.15, -0.1) is 11.8 Å². The highest BCUT2D eigenvalue weighted by atomic mass is 32.2. The molecule has 0 bridgehead atoms. The number of hydrogen-bond donors (Lipinski definition) is 0. The summed E-state index contributed by atoms with van der Waals surface area (Å²) < 4.78 is 7.06. The highest BCUT2D eigenvalue weighted by molar-refractivity contribution is 8.00. The molecule has 1 aromatic carbocycles. The van der Waals surface area contributed by atoms with Crippen molar-refractivity contribution >= 4 is 23.4 Å². The number of hydrogen-bond acceptors (Lipinski definition) is 4. The Labute approximate surface area is 147 Å². The second kappa shape index (κ2) is 7.30. The van der Waals surface area contributed by atoms with Crippen molar-refractivity contribution in [2.75, 3.05) is 17.8 Å². The summed E-state index contributed by atoms with van der Waals surface area (Å²) in [4.78, 5) is 15.0. The Morgan fingerprint density at radius 3 is 2.96 bits per heavy atom. The minimum atomic E-state index is -0.0852. The van der Waals surface area contributed by atoms with Gasteiger partial charge in [-0.3, -0.25) is 9.48 Å².